The average molecular weight is 514 g/mol. The number of rotatable bonds is 14. The molecule has 0 spiro atoms. The van der Waals surface area contributed by atoms with Crippen LogP contribution in [0.1, 0.15) is 68.1 Å². The topological polar surface area (TPSA) is 163 Å². The molecule has 1 aromatic rings. The van der Waals surface area contributed by atoms with Crippen LogP contribution >= 0.6 is 0 Å². The van der Waals surface area contributed by atoms with E-state index in [9.17, 15) is 19.8 Å². The van der Waals surface area contributed by atoms with Gasteiger partial charge in [-0.25, -0.2) is 0 Å². The van der Waals surface area contributed by atoms with Crippen molar-refractivity contribution in [3.05, 3.63) is 51.4 Å². The summed E-state index contributed by atoms with van der Waals surface area (Å²) in [4.78, 5) is 25.2. The highest BCUT2D eigenvalue weighted by Crippen LogP contribution is 2.31. The molecule has 1 unspecified atom stereocenters. The van der Waals surface area contributed by atoms with Gasteiger partial charge in [0.1, 0.15) is 18.3 Å². The SMILES string of the molecule is Cc1cc(O)cc(C)c1C[C@H](NC(CN)=C1CCC1)C(=O)NC(CCCN)C(NCC(=O)O)=C1CCC1. The number of aryl methyl sites for hydroxylation is 2. The fraction of sp³-hybridized carbons (Fsp3) is 0.571. The molecule has 0 radical (unpaired) electrons. The van der Waals surface area contributed by atoms with Gasteiger partial charge in [0.2, 0.25) is 5.91 Å². The van der Waals surface area contributed by atoms with Crippen LogP contribution in [0.25, 0.3) is 0 Å². The second kappa shape index (κ2) is 13.5. The van der Waals surface area contributed by atoms with Crippen molar-refractivity contribution >= 4 is 11.9 Å². The van der Waals surface area contributed by atoms with E-state index in [-0.39, 0.29) is 24.2 Å². The molecule has 0 heterocycles. The van der Waals surface area contributed by atoms with Gasteiger partial charge >= 0.3 is 5.97 Å². The second-order valence-corrected chi connectivity index (χ2v) is 10.2. The number of allylic oxidation sites excluding steroid dienone is 2. The molecule has 2 saturated carbocycles. The number of phenolic OH excluding ortho intramolecular Hbond substituents is 1. The van der Waals surface area contributed by atoms with Crippen LogP contribution in [0, 0.1) is 13.8 Å². The Morgan fingerprint density at radius 2 is 1.59 bits per heavy atom. The Morgan fingerprint density at radius 1 is 0.973 bits per heavy atom. The molecule has 3 rings (SSSR count). The summed E-state index contributed by atoms with van der Waals surface area (Å²) in [6, 6.07) is 2.49. The van der Waals surface area contributed by atoms with Crippen molar-refractivity contribution in [3.63, 3.8) is 0 Å². The number of aliphatic carboxylic acids is 1. The molecule has 9 heteroatoms. The molecule has 0 aliphatic heterocycles. The number of hydrogen-bond acceptors (Lipinski definition) is 7. The number of carboxylic acids is 1. The van der Waals surface area contributed by atoms with E-state index < -0.39 is 12.0 Å². The van der Waals surface area contributed by atoms with Crippen LogP contribution in [0.2, 0.25) is 0 Å². The second-order valence-electron chi connectivity index (χ2n) is 10.2. The summed E-state index contributed by atoms with van der Waals surface area (Å²) in [5.74, 6) is -0.914. The van der Waals surface area contributed by atoms with Gasteiger partial charge in [-0.15, -0.1) is 0 Å². The van der Waals surface area contributed by atoms with Crippen LogP contribution in [-0.4, -0.2) is 53.8 Å². The monoisotopic (exact) mass is 513 g/mol. The van der Waals surface area contributed by atoms with Crippen LogP contribution in [0.15, 0.2) is 34.7 Å². The molecule has 2 fully saturated rings. The highest BCUT2D eigenvalue weighted by molar-refractivity contribution is 5.83. The molecule has 204 valence electrons. The quantitative estimate of drug-likeness (QED) is 0.199. The summed E-state index contributed by atoms with van der Waals surface area (Å²) in [7, 11) is 0. The Hall–Kier alpha value is -3.04. The third kappa shape index (κ3) is 7.72. The van der Waals surface area contributed by atoms with Gasteiger partial charge in [-0.2, -0.15) is 0 Å². The molecule has 9 nitrogen and oxygen atoms in total. The lowest BCUT2D eigenvalue weighted by atomic mass is 9.87. The van der Waals surface area contributed by atoms with Gasteiger partial charge in [0, 0.05) is 24.4 Å². The lowest BCUT2D eigenvalue weighted by Crippen LogP contribution is -2.52. The smallest absolute Gasteiger partial charge is 0.322 e. The lowest BCUT2D eigenvalue weighted by molar-refractivity contribution is -0.135. The molecular weight excluding hydrogens is 470 g/mol. The van der Waals surface area contributed by atoms with Crippen LogP contribution < -0.4 is 27.4 Å². The number of aromatic hydroxyl groups is 1. The lowest BCUT2D eigenvalue weighted by Gasteiger charge is -2.32. The number of phenols is 1. The van der Waals surface area contributed by atoms with Crippen molar-refractivity contribution in [2.24, 2.45) is 11.5 Å². The largest absolute Gasteiger partial charge is 0.508 e. The molecule has 37 heavy (non-hydrogen) atoms. The predicted molar refractivity (Wildman–Crippen MR) is 145 cm³/mol. The summed E-state index contributed by atoms with van der Waals surface area (Å²) in [5.41, 5.74) is 18.9. The summed E-state index contributed by atoms with van der Waals surface area (Å²) in [5, 5.41) is 29.0. The van der Waals surface area contributed by atoms with Crippen molar-refractivity contribution < 1.29 is 19.8 Å². The zero-order valence-corrected chi connectivity index (χ0v) is 22.2. The Balaban J connectivity index is 1.90. The van der Waals surface area contributed by atoms with E-state index in [1.807, 2.05) is 13.8 Å². The maximum Gasteiger partial charge on any atom is 0.322 e. The van der Waals surface area contributed by atoms with Crippen LogP contribution in [0.5, 0.6) is 5.75 Å². The summed E-state index contributed by atoms with van der Waals surface area (Å²) in [6.45, 7) is 4.48. The molecule has 1 amide bonds. The zero-order valence-electron chi connectivity index (χ0n) is 22.2. The highest BCUT2D eigenvalue weighted by Gasteiger charge is 2.29. The molecule has 2 atom stereocenters. The van der Waals surface area contributed by atoms with Crippen LogP contribution in [0.4, 0.5) is 0 Å². The Labute approximate surface area is 219 Å². The third-order valence-corrected chi connectivity index (χ3v) is 7.47. The minimum Gasteiger partial charge on any atom is -0.508 e. The van der Waals surface area contributed by atoms with Gasteiger partial charge in [-0.1, -0.05) is 0 Å². The number of carboxylic acid groups (broad SMARTS) is 1. The normalized spacial score (nSPS) is 16.2. The Kier molecular flexibility index (Phi) is 10.4. The van der Waals surface area contributed by atoms with E-state index in [1.165, 1.54) is 5.57 Å². The van der Waals surface area contributed by atoms with Gasteiger partial charge in [0.05, 0.1) is 6.04 Å². The van der Waals surface area contributed by atoms with Gasteiger partial charge in [-0.3, -0.25) is 9.59 Å². The van der Waals surface area contributed by atoms with Crippen molar-refractivity contribution in [1.29, 1.82) is 0 Å². The number of hydrogen-bond donors (Lipinski definition) is 7. The van der Waals surface area contributed by atoms with Gasteiger partial charge in [0.25, 0.3) is 0 Å². The number of carbonyl (C=O) groups excluding carboxylic acids is 1. The first-order chi connectivity index (χ1) is 17.7. The number of benzene rings is 1. The minimum absolute atomic E-state index is 0.172. The predicted octanol–water partition coefficient (Wildman–Crippen LogP) is 2.24. The summed E-state index contributed by atoms with van der Waals surface area (Å²) in [6.07, 6.45) is 7.69. The molecule has 1 aromatic carbocycles. The molecule has 0 saturated heterocycles. The van der Waals surface area contributed by atoms with Crippen molar-refractivity contribution in [1.82, 2.24) is 16.0 Å². The zero-order chi connectivity index (χ0) is 26.9. The van der Waals surface area contributed by atoms with E-state index in [0.29, 0.717) is 32.4 Å². The third-order valence-electron chi connectivity index (χ3n) is 7.47. The molecule has 9 N–H and O–H groups in total. The van der Waals surface area contributed by atoms with Gasteiger partial charge in [-0.05, 0) is 112 Å². The van der Waals surface area contributed by atoms with Gasteiger partial charge < -0.3 is 37.6 Å². The first-order valence-corrected chi connectivity index (χ1v) is 13.4. The van der Waals surface area contributed by atoms with Crippen LogP contribution in [0.3, 0.4) is 0 Å². The standard InChI is InChI=1S/C28H43N5O4/c1-17-12-21(34)13-18(2)22(17)14-24(32-25(15-30)19-6-3-7-19)28(37)33-23(10-5-11-29)27(20-8-4-9-20)31-16-26(35)36/h12-13,23-24,31-32,34H,3-11,14-16,29-30H2,1-2H3,(H,33,37)(H,35,36)/t23?,24-/m0/s1. The maximum atomic E-state index is 13.9. The van der Waals surface area contributed by atoms with Crippen molar-refractivity contribution in [3.8, 4) is 5.75 Å². The van der Waals surface area contributed by atoms with Crippen LogP contribution in [-0.2, 0) is 16.0 Å². The first-order valence-electron chi connectivity index (χ1n) is 13.4. The summed E-state index contributed by atoms with van der Waals surface area (Å²) < 4.78 is 0. The molecule has 2 aliphatic carbocycles. The van der Waals surface area contributed by atoms with E-state index in [2.05, 4.69) is 16.0 Å². The average Bonchev–Trinajstić information content (AvgIpc) is 2.77. The maximum absolute atomic E-state index is 13.9. The fourth-order valence-electron chi connectivity index (χ4n) is 5.05. The molecule has 2 aliphatic rings. The van der Waals surface area contributed by atoms with E-state index >= 15 is 0 Å². The number of nitrogens with two attached hydrogens (primary N) is 2. The van der Waals surface area contributed by atoms with Crippen molar-refractivity contribution in [2.75, 3.05) is 19.6 Å². The number of nitrogens with one attached hydrogen (secondary N) is 3. The molecule has 0 aromatic heterocycles. The Morgan fingerprint density at radius 3 is 2.08 bits per heavy atom. The van der Waals surface area contributed by atoms with Gasteiger partial charge in [0.15, 0.2) is 0 Å². The minimum atomic E-state index is -0.946. The summed E-state index contributed by atoms with van der Waals surface area (Å²) >= 11 is 0. The molecule has 0 bridgehead atoms. The Bertz CT molecular complexity index is 1010. The number of amides is 1. The first kappa shape index (κ1) is 28.5. The van der Waals surface area contributed by atoms with Crippen molar-refractivity contribution in [2.45, 2.75) is 83.7 Å². The van der Waals surface area contributed by atoms with E-state index in [0.717, 1.165) is 72.2 Å². The highest BCUT2D eigenvalue weighted by atomic mass is 16.4. The van der Waals surface area contributed by atoms with E-state index in [1.54, 1.807) is 12.1 Å². The number of carbonyl (C=O) groups is 2. The van der Waals surface area contributed by atoms with E-state index in [4.69, 9.17) is 11.5 Å². The fourth-order valence-corrected chi connectivity index (χ4v) is 5.05. The molecular formula is C28H43N5O4.